The van der Waals surface area contributed by atoms with Gasteiger partial charge in [0.1, 0.15) is 0 Å². The van der Waals surface area contributed by atoms with Gasteiger partial charge in [0.2, 0.25) is 10.0 Å². The predicted octanol–water partition coefficient (Wildman–Crippen LogP) is 0.720. The number of likely N-dealkylation sites (N-methyl/N-ethyl adjacent to an activating group) is 1. The van der Waals surface area contributed by atoms with Crippen LogP contribution in [0.4, 0.5) is 11.4 Å². The summed E-state index contributed by atoms with van der Waals surface area (Å²) in [5.41, 5.74) is 1.15. The number of sulfonamides is 1. The number of nitrogens with one attached hydrogen (secondary N) is 1. The Labute approximate surface area is 124 Å². The van der Waals surface area contributed by atoms with E-state index in [9.17, 15) is 13.2 Å². The van der Waals surface area contributed by atoms with Crippen molar-refractivity contribution < 1.29 is 23.4 Å². The standard InChI is InChI=1S/C13H20N2O5S/c1-3-15(8-9-16)12-6-4-11(5-7-12)14-21(19,20)10(2)13(17)18/h4-7,10,14,16H,3,8-9H2,1-2H3,(H,17,18). The topological polar surface area (TPSA) is 107 Å². The van der Waals surface area contributed by atoms with Crippen LogP contribution in [0, 0.1) is 0 Å². The van der Waals surface area contributed by atoms with Gasteiger partial charge in [-0.3, -0.25) is 9.52 Å². The van der Waals surface area contributed by atoms with Crippen molar-refractivity contribution in [1.82, 2.24) is 0 Å². The van der Waals surface area contributed by atoms with E-state index in [0.717, 1.165) is 12.6 Å². The zero-order valence-corrected chi connectivity index (χ0v) is 12.8. The maximum Gasteiger partial charge on any atom is 0.323 e. The van der Waals surface area contributed by atoms with E-state index in [0.29, 0.717) is 18.8 Å². The molecule has 0 fully saturated rings. The van der Waals surface area contributed by atoms with Crippen molar-refractivity contribution in [3.63, 3.8) is 0 Å². The number of benzene rings is 1. The van der Waals surface area contributed by atoms with E-state index in [1.165, 1.54) is 0 Å². The Balaban J connectivity index is 2.86. The number of aliphatic hydroxyl groups is 1. The fourth-order valence-electron chi connectivity index (χ4n) is 1.72. The van der Waals surface area contributed by atoms with E-state index >= 15 is 0 Å². The molecule has 1 unspecified atom stereocenters. The van der Waals surface area contributed by atoms with Gasteiger partial charge in [-0.05, 0) is 38.1 Å². The third-order valence-corrected chi connectivity index (χ3v) is 4.71. The summed E-state index contributed by atoms with van der Waals surface area (Å²) in [7, 11) is -3.96. The van der Waals surface area contributed by atoms with Gasteiger partial charge in [-0.15, -0.1) is 0 Å². The molecule has 0 radical (unpaired) electrons. The second-order valence-electron chi connectivity index (χ2n) is 4.48. The van der Waals surface area contributed by atoms with E-state index in [-0.39, 0.29) is 6.61 Å². The highest BCUT2D eigenvalue weighted by Crippen LogP contribution is 2.19. The minimum Gasteiger partial charge on any atom is -0.480 e. The first-order valence-electron chi connectivity index (χ1n) is 6.52. The van der Waals surface area contributed by atoms with Crippen molar-refractivity contribution in [2.75, 3.05) is 29.3 Å². The normalized spacial score (nSPS) is 12.7. The van der Waals surface area contributed by atoms with Crippen molar-refractivity contribution >= 4 is 27.4 Å². The molecule has 118 valence electrons. The Bertz CT molecular complexity index is 571. The lowest BCUT2D eigenvalue weighted by molar-refractivity contribution is -0.136. The number of hydrogen-bond acceptors (Lipinski definition) is 5. The number of aliphatic hydroxyl groups excluding tert-OH is 1. The first kappa shape index (κ1) is 17.3. The lowest BCUT2D eigenvalue weighted by Crippen LogP contribution is -2.32. The number of carboxylic acids is 1. The van der Waals surface area contributed by atoms with Gasteiger partial charge in [-0.1, -0.05) is 0 Å². The molecule has 3 N–H and O–H groups in total. The first-order valence-corrected chi connectivity index (χ1v) is 8.06. The van der Waals surface area contributed by atoms with Crippen LogP contribution in [-0.4, -0.2) is 49.5 Å². The van der Waals surface area contributed by atoms with E-state index in [1.54, 1.807) is 24.3 Å². The summed E-state index contributed by atoms with van der Waals surface area (Å²) in [6, 6.07) is 6.54. The number of aliphatic carboxylic acids is 1. The number of hydrogen-bond donors (Lipinski definition) is 3. The molecule has 1 aromatic rings. The number of carbonyl (C=O) groups is 1. The summed E-state index contributed by atoms with van der Waals surface area (Å²) in [6.07, 6.45) is 0. The van der Waals surface area contributed by atoms with Crippen molar-refractivity contribution in [2.45, 2.75) is 19.1 Å². The van der Waals surface area contributed by atoms with E-state index in [1.807, 2.05) is 11.8 Å². The van der Waals surface area contributed by atoms with Crippen LogP contribution >= 0.6 is 0 Å². The van der Waals surface area contributed by atoms with Gasteiger partial charge in [0, 0.05) is 24.5 Å². The minimum absolute atomic E-state index is 0.0261. The van der Waals surface area contributed by atoms with Crippen LogP contribution in [0.3, 0.4) is 0 Å². The lowest BCUT2D eigenvalue weighted by atomic mass is 10.2. The summed E-state index contributed by atoms with van der Waals surface area (Å²) in [4.78, 5) is 12.7. The molecular weight excluding hydrogens is 296 g/mol. The number of rotatable bonds is 8. The number of carboxylic acid groups (broad SMARTS) is 1. The minimum atomic E-state index is -3.96. The maximum atomic E-state index is 11.8. The second kappa shape index (κ2) is 7.28. The third-order valence-electron chi connectivity index (χ3n) is 3.06. The molecule has 0 bridgehead atoms. The van der Waals surface area contributed by atoms with Crippen LogP contribution in [0.1, 0.15) is 13.8 Å². The molecule has 7 nitrogen and oxygen atoms in total. The van der Waals surface area contributed by atoms with Crippen molar-refractivity contribution in [1.29, 1.82) is 0 Å². The van der Waals surface area contributed by atoms with Gasteiger partial charge in [0.25, 0.3) is 0 Å². The van der Waals surface area contributed by atoms with Gasteiger partial charge in [-0.2, -0.15) is 0 Å². The molecule has 21 heavy (non-hydrogen) atoms. The lowest BCUT2D eigenvalue weighted by Gasteiger charge is -2.22. The maximum absolute atomic E-state index is 11.8. The molecule has 0 amide bonds. The average Bonchev–Trinajstić information content (AvgIpc) is 2.44. The Morgan fingerprint density at radius 3 is 2.33 bits per heavy atom. The van der Waals surface area contributed by atoms with E-state index < -0.39 is 21.2 Å². The molecule has 0 heterocycles. The van der Waals surface area contributed by atoms with Crippen LogP contribution < -0.4 is 9.62 Å². The Kier molecular flexibility index (Phi) is 5.98. The zero-order chi connectivity index (χ0) is 16.0. The molecular formula is C13H20N2O5S. The van der Waals surface area contributed by atoms with Crippen molar-refractivity contribution in [3.8, 4) is 0 Å². The molecule has 0 saturated heterocycles. The quantitative estimate of drug-likeness (QED) is 0.652. The molecule has 0 aliphatic heterocycles. The molecule has 0 aliphatic carbocycles. The summed E-state index contributed by atoms with van der Waals surface area (Å²) in [6.45, 7) is 4.28. The summed E-state index contributed by atoms with van der Waals surface area (Å²) in [5.74, 6) is -1.40. The Morgan fingerprint density at radius 1 is 1.33 bits per heavy atom. The zero-order valence-electron chi connectivity index (χ0n) is 12.0. The SMILES string of the molecule is CCN(CCO)c1ccc(NS(=O)(=O)C(C)C(=O)O)cc1. The molecule has 0 aliphatic rings. The third kappa shape index (κ3) is 4.61. The van der Waals surface area contributed by atoms with E-state index in [4.69, 9.17) is 10.2 Å². The van der Waals surface area contributed by atoms with Crippen LogP contribution in [0.5, 0.6) is 0 Å². The monoisotopic (exact) mass is 316 g/mol. The highest BCUT2D eigenvalue weighted by atomic mass is 32.2. The molecule has 1 atom stereocenters. The smallest absolute Gasteiger partial charge is 0.323 e. The first-order chi connectivity index (χ1) is 9.81. The average molecular weight is 316 g/mol. The second-order valence-corrected chi connectivity index (χ2v) is 6.48. The Hall–Kier alpha value is -1.80. The van der Waals surface area contributed by atoms with Crippen LogP contribution in [0.2, 0.25) is 0 Å². The fraction of sp³-hybridized carbons (Fsp3) is 0.462. The summed E-state index contributed by atoms with van der Waals surface area (Å²) >= 11 is 0. The van der Waals surface area contributed by atoms with Crippen LogP contribution in [-0.2, 0) is 14.8 Å². The molecule has 0 aromatic heterocycles. The fourth-order valence-corrected chi connectivity index (χ4v) is 2.62. The van der Waals surface area contributed by atoms with Gasteiger partial charge >= 0.3 is 5.97 Å². The van der Waals surface area contributed by atoms with Crippen molar-refractivity contribution in [2.24, 2.45) is 0 Å². The van der Waals surface area contributed by atoms with Gasteiger partial charge in [0.15, 0.2) is 5.25 Å². The largest absolute Gasteiger partial charge is 0.480 e. The highest BCUT2D eigenvalue weighted by Gasteiger charge is 2.27. The van der Waals surface area contributed by atoms with Crippen LogP contribution in [0.15, 0.2) is 24.3 Å². The number of nitrogens with zero attached hydrogens (tertiary/aromatic N) is 1. The van der Waals surface area contributed by atoms with Gasteiger partial charge < -0.3 is 15.1 Å². The highest BCUT2D eigenvalue weighted by molar-refractivity contribution is 7.94. The Morgan fingerprint density at radius 2 is 1.90 bits per heavy atom. The summed E-state index contributed by atoms with van der Waals surface area (Å²) in [5, 5.41) is 16.2. The van der Waals surface area contributed by atoms with Crippen LogP contribution in [0.25, 0.3) is 0 Å². The number of anilines is 2. The van der Waals surface area contributed by atoms with Crippen molar-refractivity contribution in [3.05, 3.63) is 24.3 Å². The molecule has 0 spiro atoms. The van der Waals surface area contributed by atoms with Gasteiger partial charge in [0.05, 0.1) is 6.61 Å². The molecule has 0 saturated carbocycles. The molecule has 1 rings (SSSR count). The molecule has 8 heteroatoms. The predicted molar refractivity (Wildman–Crippen MR) is 81.1 cm³/mol. The van der Waals surface area contributed by atoms with E-state index in [2.05, 4.69) is 4.72 Å². The summed E-state index contributed by atoms with van der Waals surface area (Å²) < 4.78 is 25.8. The van der Waals surface area contributed by atoms with Gasteiger partial charge in [-0.25, -0.2) is 8.42 Å². The molecule has 1 aromatic carbocycles.